The fraction of sp³-hybridized carbons (Fsp3) is 0.500. The summed E-state index contributed by atoms with van der Waals surface area (Å²) in [4.78, 5) is 30.0. The predicted molar refractivity (Wildman–Crippen MR) is 117 cm³/mol. The third-order valence-electron chi connectivity index (χ3n) is 6.51. The summed E-state index contributed by atoms with van der Waals surface area (Å²) < 4.78 is 13.2. The lowest BCUT2D eigenvalue weighted by atomic mass is 10.0. The first kappa shape index (κ1) is 18.7. The fourth-order valence-electron chi connectivity index (χ4n) is 4.71. The van der Waals surface area contributed by atoms with Crippen molar-refractivity contribution in [1.29, 1.82) is 0 Å². The van der Waals surface area contributed by atoms with Crippen LogP contribution in [0, 0.1) is 0 Å². The standard InChI is InChI=1S/C22H26N6O3/c1-30-16-10-17(14-2-3-14)19-18(11-16)24-21(25-20(19)29)27-4-5-28-15(13-27)12-23-22(28)26-6-8-31-9-7-26/h10-12,14H,2-9,13H2,1H3,(H,24,25,29). The van der Waals surface area contributed by atoms with Crippen molar-refractivity contribution in [2.45, 2.75) is 31.8 Å². The minimum Gasteiger partial charge on any atom is -0.497 e. The molecule has 1 aromatic carbocycles. The number of imidazole rings is 1. The van der Waals surface area contributed by atoms with E-state index in [1.54, 1.807) is 7.11 Å². The van der Waals surface area contributed by atoms with Crippen LogP contribution in [-0.2, 0) is 17.8 Å². The second-order valence-corrected chi connectivity index (χ2v) is 8.50. The van der Waals surface area contributed by atoms with Crippen LogP contribution in [0.5, 0.6) is 5.75 Å². The van der Waals surface area contributed by atoms with E-state index in [9.17, 15) is 4.79 Å². The smallest absolute Gasteiger partial charge is 0.260 e. The van der Waals surface area contributed by atoms with Crippen LogP contribution in [0.3, 0.4) is 0 Å². The van der Waals surface area contributed by atoms with E-state index < -0.39 is 0 Å². The fourth-order valence-corrected chi connectivity index (χ4v) is 4.71. The molecule has 9 nitrogen and oxygen atoms in total. The Kier molecular flexibility index (Phi) is 4.38. The van der Waals surface area contributed by atoms with Gasteiger partial charge in [0.05, 0.1) is 49.7 Å². The molecule has 9 heteroatoms. The first-order valence-electron chi connectivity index (χ1n) is 11.0. The maximum atomic E-state index is 13.1. The summed E-state index contributed by atoms with van der Waals surface area (Å²) in [5, 5.41) is 0.698. The van der Waals surface area contributed by atoms with Gasteiger partial charge in [0.15, 0.2) is 0 Å². The number of ether oxygens (including phenoxy) is 2. The van der Waals surface area contributed by atoms with Crippen molar-refractivity contribution >= 4 is 22.8 Å². The molecule has 162 valence electrons. The maximum absolute atomic E-state index is 13.1. The van der Waals surface area contributed by atoms with E-state index in [1.807, 2.05) is 18.3 Å². The number of methoxy groups -OCH3 is 1. The Balaban J connectivity index is 1.33. The van der Waals surface area contributed by atoms with Crippen LogP contribution in [0.4, 0.5) is 11.9 Å². The molecule has 3 aliphatic rings. The monoisotopic (exact) mass is 422 g/mol. The van der Waals surface area contributed by atoms with Crippen LogP contribution in [0.25, 0.3) is 10.9 Å². The van der Waals surface area contributed by atoms with Gasteiger partial charge in [-0.1, -0.05) is 0 Å². The van der Waals surface area contributed by atoms with E-state index in [-0.39, 0.29) is 5.56 Å². The molecule has 0 bridgehead atoms. The molecular weight excluding hydrogens is 396 g/mol. The van der Waals surface area contributed by atoms with Gasteiger partial charge >= 0.3 is 0 Å². The molecule has 0 spiro atoms. The summed E-state index contributed by atoms with van der Waals surface area (Å²) in [6, 6.07) is 3.86. The van der Waals surface area contributed by atoms with Gasteiger partial charge in [0.1, 0.15) is 5.75 Å². The topological polar surface area (TPSA) is 88.5 Å². The van der Waals surface area contributed by atoms with E-state index >= 15 is 0 Å². The van der Waals surface area contributed by atoms with E-state index in [0.29, 0.717) is 29.3 Å². The number of hydrogen-bond acceptors (Lipinski definition) is 7. The number of nitrogens with one attached hydrogen (secondary N) is 1. The van der Waals surface area contributed by atoms with Crippen molar-refractivity contribution in [2.24, 2.45) is 0 Å². The third-order valence-corrected chi connectivity index (χ3v) is 6.51. The Morgan fingerprint density at radius 3 is 2.74 bits per heavy atom. The second-order valence-electron chi connectivity index (χ2n) is 8.50. The number of rotatable bonds is 4. The van der Waals surface area contributed by atoms with Gasteiger partial charge in [-0.2, -0.15) is 0 Å². The average Bonchev–Trinajstić information content (AvgIpc) is 3.57. The summed E-state index contributed by atoms with van der Waals surface area (Å²) in [6.45, 7) is 5.43. The van der Waals surface area contributed by atoms with Gasteiger partial charge in [-0.05, 0) is 30.4 Å². The molecule has 0 atom stereocenters. The third kappa shape index (κ3) is 3.23. The largest absolute Gasteiger partial charge is 0.497 e. The Labute approximate surface area is 179 Å². The first-order valence-corrected chi connectivity index (χ1v) is 11.0. The van der Waals surface area contributed by atoms with Crippen molar-refractivity contribution in [3.05, 3.63) is 39.9 Å². The lowest BCUT2D eigenvalue weighted by Crippen LogP contribution is -2.40. The van der Waals surface area contributed by atoms with Crippen LogP contribution in [0.2, 0.25) is 0 Å². The molecule has 2 fully saturated rings. The van der Waals surface area contributed by atoms with Crippen LogP contribution in [0.1, 0.15) is 30.0 Å². The molecule has 1 saturated heterocycles. The predicted octanol–water partition coefficient (Wildman–Crippen LogP) is 1.86. The second kappa shape index (κ2) is 7.26. The number of aromatic nitrogens is 4. The molecule has 1 N–H and O–H groups in total. The number of anilines is 2. The van der Waals surface area contributed by atoms with Gasteiger partial charge in [0, 0.05) is 32.2 Å². The average molecular weight is 422 g/mol. The molecule has 2 aliphatic heterocycles. The van der Waals surface area contributed by atoms with Crippen molar-refractivity contribution in [3.8, 4) is 5.75 Å². The highest BCUT2D eigenvalue weighted by Crippen LogP contribution is 2.43. The van der Waals surface area contributed by atoms with Crippen molar-refractivity contribution in [1.82, 2.24) is 19.5 Å². The maximum Gasteiger partial charge on any atom is 0.260 e. The van der Waals surface area contributed by atoms with E-state index in [2.05, 4.69) is 24.3 Å². The first-order chi connectivity index (χ1) is 15.2. The van der Waals surface area contributed by atoms with Gasteiger partial charge in [-0.3, -0.25) is 9.78 Å². The Morgan fingerprint density at radius 2 is 1.97 bits per heavy atom. The van der Waals surface area contributed by atoms with E-state index in [4.69, 9.17) is 14.5 Å². The molecular formula is C22H26N6O3. The number of H-pyrrole nitrogens is 1. The molecule has 6 rings (SSSR count). The Hall–Kier alpha value is -3.07. The molecule has 2 aromatic heterocycles. The highest BCUT2D eigenvalue weighted by molar-refractivity contribution is 5.85. The summed E-state index contributed by atoms with van der Waals surface area (Å²) in [5.74, 6) is 2.81. The Morgan fingerprint density at radius 1 is 1.13 bits per heavy atom. The zero-order chi connectivity index (χ0) is 20.9. The van der Waals surface area contributed by atoms with Crippen LogP contribution >= 0.6 is 0 Å². The van der Waals surface area contributed by atoms with E-state index in [1.165, 1.54) is 0 Å². The van der Waals surface area contributed by atoms with Gasteiger partial charge < -0.3 is 23.8 Å². The number of aromatic amines is 1. The minimum absolute atomic E-state index is 0.0716. The van der Waals surface area contributed by atoms with Gasteiger partial charge in [0.2, 0.25) is 11.9 Å². The molecule has 0 unspecified atom stereocenters. The highest BCUT2D eigenvalue weighted by atomic mass is 16.5. The van der Waals surface area contributed by atoms with Gasteiger partial charge in [-0.15, -0.1) is 0 Å². The SMILES string of the molecule is COc1cc(C2CC2)c2c(=O)[nH]c(N3CCn4c(cnc4N4CCOCC4)C3)nc2c1. The molecule has 3 aromatic rings. The number of morpholine rings is 1. The molecule has 1 saturated carbocycles. The molecule has 4 heterocycles. The van der Waals surface area contributed by atoms with E-state index in [0.717, 1.165) is 75.2 Å². The lowest BCUT2D eigenvalue weighted by molar-refractivity contribution is 0.121. The summed E-state index contributed by atoms with van der Waals surface area (Å²) >= 11 is 0. The van der Waals surface area contributed by atoms with Crippen molar-refractivity contribution in [2.75, 3.05) is 49.8 Å². The molecule has 0 radical (unpaired) electrons. The van der Waals surface area contributed by atoms with Crippen molar-refractivity contribution in [3.63, 3.8) is 0 Å². The quantitative estimate of drug-likeness (QED) is 0.687. The normalized spacial score (nSPS) is 19.0. The number of nitrogens with zero attached hydrogens (tertiary/aromatic N) is 5. The zero-order valence-electron chi connectivity index (χ0n) is 17.6. The van der Waals surface area contributed by atoms with Crippen molar-refractivity contribution < 1.29 is 9.47 Å². The molecule has 0 amide bonds. The zero-order valence-corrected chi connectivity index (χ0v) is 17.6. The van der Waals surface area contributed by atoms with Gasteiger partial charge in [0.25, 0.3) is 5.56 Å². The van der Waals surface area contributed by atoms with Crippen LogP contribution in [0.15, 0.2) is 23.1 Å². The van der Waals surface area contributed by atoms with Gasteiger partial charge in [-0.25, -0.2) is 9.97 Å². The summed E-state index contributed by atoms with van der Waals surface area (Å²) in [7, 11) is 1.66. The summed E-state index contributed by atoms with van der Waals surface area (Å²) in [5.41, 5.74) is 2.81. The Bertz CT molecular complexity index is 1190. The minimum atomic E-state index is -0.0716. The number of hydrogen-bond donors (Lipinski definition) is 1. The van der Waals surface area contributed by atoms with Crippen LogP contribution < -0.4 is 20.1 Å². The van der Waals surface area contributed by atoms with Crippen LogP contribution in [-0.4, -0.2) is 59.5 Å². The summed E-state index contributed by atoms with van der Waals surface area (Å²) in [6.07, 6.45) is 4.17. The number of benzene rings is 1. The lowest BCUT2D eigenvalue weighted by Gasteiger charge is -2.33. The molecule has 31 heavy (non-hydrogen) atoms. The molecule has 1 aliphatic carbocycles. The number of fused-ring (bicyclic) bond motifs is 2. The highest BCUT2D eigenvalue weighted by Gasteiger charge is 2.29.